The normalized spacial score (nSPS) is 20.2. The summed E-state index contributed by atoms with van der Waals surface area (Å²) < 4.78 is 0. The van der Waals surface area contributed by atoms with Crippen molar-refractivity contribution in [2.45, 2.75) is 45.4 Å². The highest BCUT2D eigenvalue weighted by Crippen LogP contribution is 2.43. The van der Waals surface area contributed by atoms with Crippen molar-refractivity contribution in [3.8, 4) is 0 Å². The molecule has 0 aromatic heterocycles. The maximum absolute atomic E-state index is 11.4. The van der Waals surface area contributed by atoms with Crippen molar-refractivity contribution in [1.29, 1.82) is 0 Å². The van der Waals surface area contributed by atoms with E-state index in [2.05, 4.69) is 0 Å². The number of hydrogen-bond donors (Lipinski definition) is 1. The summed E-state index contributed by atoms with van der Waals surface area (Å²) in [5, 5.41) is 0. The van der Waals surface area contributed by atoms with Gasteiger partial charge < -0.3 is 5.73 Å². The van der Waals surface area contributed by atoms with Crippen LogP contribution < -0.4 is 5.73 Å². The SMILES string of the molecule is CCCC(=O)CC1(CN)CCC1. The van der Waals surface area contributed by atoms with E-state index >= 15 is 0 Å². The van der Waals surface area contributed by atoms with Crippen LogP contribution in [0.25, 0.3) is 0 Å². The van der Waals surface area contributed by atoms with Gasteiger partial charge in [-0.1, -0.05) is 13.3 Å². The fourth-order valence-corrected chi connectivity index (χ4v) is 1.92. The Balaban J connectivity index is 2.32. The fraction of sp³-hybridized carbons (Fsp3) is 0.900. The van der Waals surface area contributed by atoms with Crippen LogP contribution in [0.4, 0.5) is 0 Å². The van der Waals surface area contributed by atoms with Crippen LogP contribution in [0.2, 0.25) is 0 Å². The van der Waals surface area contributed by atoms with Gasteiger partial charge >= 0.3 is 0 Å². The van der Waals surface area contributed by atoms with E-state index in [1.165, 1.54) is 19.3 Å². The highest BCUT2D eigenvalue weighted by atomic mass is 16.1. The van der Waals surface area contributed by atoms with E-state index in [4.69, 9.17) is 5.73 Å². The molecule has 1 rings (SSSR count). The Morgan fingerprint density at radius 2 is 2.17 bits per heavy atom. The summed E-state index contributed by atoms with van der Waals surface area (Å²) in [5.41, 5.74) is 5.88. The van der Waals surface area contributed by atoms with Gasteiger partial charge in [0.15, 0.2) is 0 Å². The number of carbonyl (C=O) groups excluding carboxylic acids is 1. The summed E-state index contributed by atoms with van der Waals surface area (Å²) in [5.74, 6) is 0.405. The lowest BCUT2D eigenvalue weighted by Crippen LogP contribution is -2.39. The summed E-state index contributed by atoms with van der Waals surface area (Å²) in [4.78, 5) is 11.4. The highest BCUT2D eigenvalue weighted by molar-refractivity contribution is 5.79. The molecule has 0 unspecified atom stereocenters. The van der Waals surface area contributed by atoms with Gasteiger partial charge in [0.1, 0.15) is 5.78 Å². The Labute approximate surface area is 74.5 Å². The van der Waals surface area contributed by atoms with E-state index in [1.807, 2.05) is 6.92 Å². The number of rotatable bonds is 5. The second-order valence-electron chi connectivity index (χ2n) is 4.02. The van der Waals surface area contributed by atoms with Crippen LogP contribution in [0.5, 0.6) is 0 Å². The van der Waals surface area contributed by atoms with Gasteiger partial charge in [0.05, 0.1) is 0 Å². The van der Waals surface area contributed by atoms with Crippen LogP contribution in [0.15, 0.2) is 0 Å². The first-order chi connectivity index (χ1) is 5.72. The Morgan fingerprint density at radius 3 is 2.50 bits per heavy atom. The highest BCUT2D eigenvalue weighted by Gasteiger charge is 2.36. The van der Waals surface area contributed by atoms with E-state index in [0.29, 0.717) is 12.3 Å². The van der Waals surface area contributed by atoms with Gasteiger partial charge in [0.25, 0.3) is 0 Å². The standard InChI is InChI=1S/C10H19NO/c1-2-4-9(12)7-10(8-11)5-3-6-10/h2-8,11H2,1H3. The van der Waals surface area contributed by atoms with Crippen molar-refractivity contribution in [2.75, 3.05) is 6.54 Å². The maximum Gasteiger partial charge on any atom is 0.133 e. The second-order valence-corrected chi connectivity index (χ2v) is 4.02. The Morgan fingerprint density at radius 1 is 1.50 bits per heavy atom. The molecule has 0 amide bonds. The molecule has 1 aliphatic rings. The predicted molar refractivity (Wildman–Crippen MR) is 49.9 cm³/mol. The average Bonchev–Trinajstić information content (AvgIpc) is 1.97. The summed E-state index contributed by atoms with van der Waals surface area (Å²) >= 11 is 0. The predicted octanol–water partition coefficient (Wildman–Crippen LogP) is 1.87. The zero-order valence-corrected chi connectivity index (χ0v) is 7.94. The van der Waals surface area contributed by atoms with E-state index in [-0.39, 0.29) is 5.41 Å². The lowest BCUT2D eigenvalue weighted by atomic mass is 9.66. The van der Waals surface area contributed by atoms with Gasteiger partial charge in [-0.05, 0) is 31.2 Å². The Hall–Kier alpha value is -0.370. The number of hydrogen-bond acceptors (Lipinski definition) is 2. The second kappa shape index (κ2) is 4.04. The average molecular weight is 169 g/mol. The van der Waals surface area contributed by atoms with Gasteiger partial charge in [-0.15, -0.1) is 0 Å². The van der Waals surface area contributed by atoms with E-state index in [1.54, 1.807) is 0 Å². The third-order valence-electron chi connectivity index (χ3n) is 2.95. The lowest BCUT2D eigenvalue weighted by Gasteiger charge is -2.40. The minimum Gasteiger partial charge on any atom is -0.330 e. The molecular weight excluding hydrogens is 150 g/mol. The molecule has 2 N–H and O–H groups in total. The number of ketones is 1. The molecule has 0 bridgehead atoms. The van der Waals surface area contributed by atoms with Gasteiger partial charge in [-0.3, -0.25) is 4.79 Å². The van der Waals surface area contributed by atoms with E-state index in [0.717, 1.165) is 19.3 Å². The summed E-state index contributed by atoms with van der Waals surface area (Å²) in [6.07, 6.45) is 6.03. The molecule has 70 valence electrons. The first-order valence-corrected chi connectivity index (χ1v) is 4.94. The molecule has 0 atom stereocenters. The van der Waals surface area contributed by atoms with Crippen LogP contribution in [0.1, 0.15) is 45.4 Å². The molecule has 0 aromatic carbocycles. The molecule has 2 heteroatoms. The lowest BCUT2D eigenvalue weighted by molar-refractivity contribution is -0.122. The van der Waals surface area contributed by atoms with Crippen LogP contribution >= 0.6 is 0 Å². The molecule has 0 aromatic rings. The summed E-state index contributed by atoms with van der Waals surface area (Å²) in [6, 6.07) is 0. The number of nitrogens with two attached hydrogens (primary N) is 1. The third kappa shape index (κ3) is 2.07. The topological polar surface area (TPSA) is 43.1 Å². The Kier molecular flexibility index (Phi) is 3.27. The van der Waals surface area contributed by atoms with Crippen molar-refractivity contribution in [2.24, 2.45) is 11.1 Å². The summed E-state index contributed by atoms with van der Waals surface area (Å²) in [7, 11) is 0. The molecule has 0 spiro atoms. The van der Waals surface area contributed by atoms with Crippen LogP contribution in [0, 0.1) is 5.41 Å². The first kappa shape index (κ1) is 9.72. The molecule has 0 heterocycles. The van der Waals surface area contributed by atoms with Crippen molar-refractivity contribution >= 4 is 5.78 Å². The van der Waals surface area contributed by atoms with Crippen molar-refractivity contribution in [3.05, 3.63) is 0 Å². The minimum atomic E-state index is 0.215. The van der Waals surface area contributed by atoms with Gasteiger partial charge in [-0.25, -0.2) is 0 Å². The quantitative estimate of drug-likeness (QED) is 0.682. The van der Waals surface area contributed by atoms with Gasteiger partial charge in [0, 0.05) is 12.8 Å². The third-order valence-corrected chi connectivity index (χ3v) is 2.95. The zero-order valence-electron chi connectivity index (χ0n) is 7.94. The molecule has 1 saturated carbocycles. The molecule has 0 aliphatic heterocycles. The van der Waals surface area contributed by atoms with Gasteiger partial charge in [0.2, 0.25) is 0 Å². The summed E-state index contributed by atoms with van der Waals surface area (Å²) in [6.45, 7) is 2.75. The molecule has 1 fully saturated rings. The largest absolute Gasteiger partial charge is 0.330 e. The molecule has 12 heavy (non-hydrogen) atoms. The number of carbonyl (C=O) groups is 1. The smallest absolute Gasteiger partial charge is 0.133 e. The van der Waals surface area contributed by atoms with Crippen LogP contribution in [-0.2, 0) is 4.79 Å². The molecule has 1 aliphatic carbocycles. The minimum absolute atomic E-state index is 0.215. The first-order valence-electron chi connectivity index (χ1n) is 4.94. The number of Topliss-reactive ketones (excluding diaryl/α,β-unsaturated/α-hetero) is 1. The zero-order chi connectivity index (χ0) is 9.03. The monoisotopic (exact) mass is 169 g/mol. The van der Waals surface area contributed by atoms with Crippen molar-refractivity contribution < 1.29 is 4.79 Å². The van der Waals surface area contributed by atoms with Gasteiger partial charge in [-0.2, -0.15) is 0 Å². The molecular formula is C10H19NO. The van der Waals surface area contributed by atoms with E-state index in [9.17, 15) is 4.79 Å². The maximum atomic E-state index is 11.4. The molecule has 2 nitrogen and oxygen atoms in total. The van der Waals surface area contributed by atoms with Crippen molar-refractivity contribution in [1.82, 2.24) is 0 Å². The molecule has 0 radical (unpaired) electrons. The Bertz CT molecular complexity index is 156. The van der Waals surface area contributed by atoms with E-state index < -0.39 is 0 Å². The van der Waals surface area contributed by atoms with Crippen molar-refractivity contribution in [3.63, 3.8) is 0 Å². The molecule has 0 saturated heterocycles. The van der Waals surface area contributed by atoms with Crippen LogP contribution in [-0.4, -0.2) is 12.3 Å². The fourth-order valence-electron chi connectivity index (χ4n) is 1.92. The van der Waals surface area contributed by atoms with Crippen LogP contribution in [0.3, 0.4) is 0 Å².